The molecule has 2 rings (SSSR count). The van der Waals surface area contributed by atoms with Gasteiger partial charge < -0.3 is 4.74 Å². The minimum absolute atomic E-state index is 0.0807. The predicted molar refractivity (Wildman–Crippen MR) is 66.6 cm³/mol. The molecule has 0 aliphatic rings. The van der Waals surface area contributed by atoms with Crippen molar-refractivity contribution in [2.75, 3.05) is 7.11 Å². The van der Waals surface area contributed by atoms with Crippen LogP contribution in [0.15, 0.2) is 30.9 Å². The highest BCUT2D eigenvalue weighted by molar-refractivity contribution is 5.45. The third-order valence-corrected chi connectivity index (χ3v) is 2.71. The fraction of sp³-hybridized carbons (Fsp3) is 0.385. The summed E-state index contributed by atoms with van der Waals surface area (Å²) in [5.41, 5.74) is 2.32. The Morgan fingerprint density at radius 2 is 1.71 bits per heavy atom. The Hall–Kier alpha value is -1.84. The molecule has 17 heavy (non-hydrogen) atoms. The molecule has 1 aromatic carbocycles. The smallest absolute Gasteiger partial charge is 0.123 e. The number of nitrogens with zero attached hydrogens (tertiary/aromatic N) is 3. The van der Waals surface area contributed by atoms with Gasteiger partial charge in [0.2, 0.25) is 0 Å². The summed E-state index contributed by atoms with van der Waals surface area (Å²) < 4.78 is 7.21. The molecule has 0 radical (unpaired) electrons. The Bertz CT molecular complexity index is 498. The lowest BCUT2D eigenvalue weighted by Gasteiger charge is -2.21. The van der Waals surface area contributed by atoms with E-state index in [4.69, 9.17) is 4.74 Å². The van der Waals surface area contributed by atoms with Crippen LogP contribution >= 0.6 is 0 Å². The van der Waals surface area contributed by atoms with E-state index >= 15 is 0 Å². The third-order valence-electron chi connectivity index (χ3n) is 2.71. The molecule has 0 atom stereocenters. The van der Waals surface area contributed by atoms with Gasteiger partial charge in [0.05, 0.1) is 12.8 Å². The Kier molecular flexibility index (Phi) is 2.88. The molecule has 0 saturated carbocycles. The van der Waals surface area contributed by atoms with E-state index in [2.05, 4.69) is 43.1 Å². The third kappa shape index (κ3) is 2.46. The molecule has 4 heteroatoms. The first-order valence-corrected chi connectivity index (χ1v) is 5.55. The maximum absolute atomic E-state index is 5.33. The zero-order valence-electron chi connectivity index (χ0n) is 10.6. The van der Waals surface area contributed by atoms with Crippen LogP contribution in [0.25, 0.3) is 5.69 Å². The monoisotopic (exact) mass is 231 g/mol. The van der Waals surface area contributed by atoms with E-state index in [1.54, 1.807) is 19.8 Å². The van der Waals surface area contributed by atoms with Gasteiger partial charge in [-0.25, -0.2) is 0 Å². The minimum atomic E-state index is 0.0807. The molecule has 0 N–H and O–H groups in total. The number of methoxy groups -OCH3 is 1. The molecule has 0 bridgehead atoms. The molecule has 0 unspecified atom stereocenters. The zero-order chi connectivity index (χ0) is 12.5. The van der Waals surface area contributed by atoms with Crippen molar-refractivity contribution >= 4 is 0 Å². The SMILES string of the molecule is COc1cc(-n2cnnc2)cc(C(C)(C)C)c1. The molecular formula is C13H17N3O. The first-order chi connectivity index (χ1) is 8.00. The van der Waals surface area contributed by atoms with Crippen LogP contribution in [0.1, 0.15) is 26.3 Å². The molecule has 0 aliphatic carbocycles. The van der Waals surface area contributed by atoms with Gasteiger partial charge in [0.1, 0.15) is 18.4 Å². The van der Waals surface area contributed by atoms with Gasteiger partial charge in [-0.05, 0) is 23.1 Å². The highest BCUT2D eigenvalue weighted by atomic mass is 16.5. The topological polar surface area (TPSA) is 39.9 Å². The van der Waals surface area contributed by atoms with Crippen LogP contribution in [0.5, 0.6) is 5.75 Å². The van der Waals surface area contributed by atoms with E-state index in [-0.39, 0.29) is 5.41 Å². The number of hydrogen-bond donors (Lipinski definition) is 0. The average molecular weight is 231 g/mol. The van der Waals surface area contributed by atoms with Crippen molar-refractivity contribution < 1.29 is 4.74 Å². The molecular weight excluding hydrogens is 214 g/mol. The quantitative estimate of drug-likeness (QED) is 0.797. The van der Waals surface area contributed by atoms with E-state index in [9.17, 15) is 0 Å². The van der Waals surface area contributed by atoms with Crippen LogP contribution in [0, 0.1) is 0 Å². The molecule has 0 amide bonds. The molecule has 0 fully saturated rings. The van der Waals surface area contributed by atoms with Gasteiger partial charge in [0.25, 0.3) is 0 Å². The molecule has 90 valence electrons. The molecule has 4 nitrogen and oxygen atoms in total. The standard InChI is InChI=1S/C13H17N3O/c1-13(2,3)10-5-11(7-12(6-10)17-4)16-8-14-15-9-16/h5-9H,1-4H3. The number of hydrogen-bond acceptors (Lipinski definition) is 3. The van der Waals surface area contributed by atoms with Gasteiger partial charge in [-0.1, -0.05) is 20.8 Å². The zero-order valence-corrected chi connectivity index (χ0v) is 10.6. The second-order valence-corrected chi connectivity index (χ2v) is 5.04. The second-order valence-electron chi connectivity index (χ2n) is 5.04. The average Bonchev–Trinajstić information content (AvgIpc) is 2.80. The molecule has 0 spiro atoms. The molecule has 0 saturated heterocycles. The van der Waals surface area contributed by atoms with Crippen LogP contribution in [0.4, 0.5) is 0 Å². The van der Waals surface area contributed by atoms with Crippen molar-refractivity contribution in [3.8, 4) is 11.4 Å². The van der Waals surface area contributed by atoms with Crippen molar-refractivity contribution in [1.82, 2.24) is 14.8 Å². The van der Waals surface area contributed by atoms with Crippen LogP contribution in [-0.2, 0) is 5.41 Å². The number of benzene rings is 1. The van der Waals surface area contributed by atoms with Gasteiger partial charge in [-0.2, -0.15) is 0 Å². The summed E-state index contributed by atoms with van der Waals surface area (Å²) >= 11 is 0. The highest BCUT2D eigenvalue weighted by Crippen LogP contribution is 2.28. The van der Waals surface area contributed by atoms with Crippen molar-refractivity contribution in [3.05, 3.63) is 36.4 Å². The van der Waals surface area contributed by atoms with Crippen molar-refractivity contribution in [1.29, 1.82) is 0 Å². The van der Waals surface area contributed by atoms with Gasteiger partial charge in [0, 0.05) is 6.07 Å². The lowest BCUT2D eigenvalue weighted by atomic mass is 9.86. The van der Waals surface area contributed by atoms with E-state index in [1.807, 2.05) is 10.6 Å². The van der Waals surface area contributed by atoms with Gasteiger partial charge >= 0.3 is 0 Å². The maximum atomic E-state index is 5.33. The summed E-state index contributed by atoms with van der Waals surface area (Å²) in [5, 5.41) is 7.64. The first kappa shape index (κ1) is 11.6. The fourth-order valence-electron chi connectivity index (χ4n) is 1.62. The predicted octanol–water partition coefficient (Wildman–Crippen LogP) is 2.57. The van der Waals surface area contributed by atoms with Crippen molar-refractivity contribution in [2.45, 2.75) is 26.2 Å². The Balaban J connectivity index is 2.54. The number of ether oxygens (including phenoxy) is 1. The fourth-order valence-corrected chi connectivity index (χ4v) is 1.62. The first-order valence-electron chi connectivity index (χ1n) is 5.55. The summed E-state index contributed by atoms with van der Waals surface area (Å²) in [6.45, 7) is 6.53. The number of rotatable bonds is 2. The van der Waals surface area contributed by atoms with E-state index in [0.29, 0.717) is 0 Å². The normalized spacial score (nSPS) is 11.5. The van der Waals surface area contributed by atoms with E-state index in [1.165, 1.54) is 5.56 Å². The summed E-state index contributed by atoms with van der Waals surface area (Å²) in [6, 6.07) is 6.17. The van der Waals surface area contributed by atoms with Crippen LogP contribution in [-0.4, -0.2) is 21.9 Å². The molecule has 2 aromatic rings. The van der Waals surface area contributed by atoms with E-state index in [0.717, 1.165) is 11.4 Å². The summed E-state index contributed by atoms with van der Waals surface area (Å²) in [7, 11) is 1.68. The van der Waals surface area contributed by atoms with Gasteiger partial charge in [0.15, 0.2) is 0 Å². The maximum Gasteiger partial charge on any atom is 0.123 e. The van der Waals surface area contributed by atoms with Crippen molar-refractivity contribution in [2.24, 2.45) is 0 Å². The van der Waals surface area contributed by atoms with Gasteiger partial charge in [-0.15, -0.1) is 10.2 Å². The minimum Gasteiger partial charge on any atom is -0.497 e. The summed E-state index contributed by atoms with van der Waals surface area (Å²) in [6.07, 6.45) is 3.36. The molecule has 1 heterocycles. The lowest BCUT2D eigenvalue weighted by molar-refractivity contribution is 0.412. The van der Waals surface area contributed by atoms with Crippen LogP contribution in [0.2, 0.25) is 0 Å². The Morgan fingerprint density at radius 1 is 1.06 bits per heavy atom. The lowest BCUT2D eigenvalue weighted by Crippen LogP contribution is -2.12. The Labute approximate surface area is 101 Å². The van der Waals surface area contributed by atoms with Crippen LogP contribution in [0.3, 0.4) is 0 Å². The summed E-state index contributed by atoms with van der Waals surface area (Å²) in [4.78, 5) is 0. The second kappa shape index (κ2) is 4.20. The highest BCUT2D eigenvalue weighted by Gasteiger charge is 2.16. The largest absolute Gasteiger partial charge is 0.497 e. The number of aromatic nitrogens is 3. The Morgan fingerprint density at radius 3 is 2.24 bits per heavy atom. The molecule has 0 aliphatic heterocycles. The van der Waals surface area contributed by atoms with Gasteiger partial charge in [-0.3, -0.25) is 4.57 Å². The molecule has 1 aromatic heterocycles. The summed E-state index contributed by atoms with van der Waals surface area (Å²) in [5.74, 6) is 0.848. The van der Waals surface area contributed by atoms with Crippen molar-refractivity contribution in [3.63, 3.8) is 0 Å². The van der Waals surface area contributed by atoms with E-state index < -0.39 is 0 Å². The van der Waals surface area contributed by atoms with Crippen LogP contribution < -0.4 is 4.74 Å².